The maximum Gasteiger partial charge on any atom is 0.106 e. The predicted molar refractivity (Wildman–Crippen MR) is 57.8 cm³/mol. The fourth-order valence-corrected chi connectivity index (χ4v) is 2.04. The van der Waals surface area contributed by atoms with Gasteiger partial charge >= 0.3 is 0 Å². The number of rotatable bonds is 1. The van der Waals surface area contributed by atoms with Crippen LogP contribution in [0.25, 0.3) is 11.3 Å². The van der Waals surface area contributed by atoms with Gasteiger partial charge < -0.3 is 0 Å². The summed E-state index contributed by atoms with van der Waals surface area (Å²) >= 11 is 4.99. The predicted octanol–water partition coefficient (Wildman–Crippen LogP) is 3.28. The van der Waals surface area contributed by atoms with E-state index in [1.807, 2.05) is 19.1 Å². The zero-order chi connectivity index (χ0) is 9.26. The second-order valence-corrected chi connectivity index (χ2v) is 4.49. The molecule has 0 saturated heterocycles. The molecule has 2 rings (SSSR count). The van der Waals surface area contributed by atoms with Crippen molar-refractivity contribution in [3.63, 3.8) is 0 Å². The zero-order valence-electron chi connectivity index (χ0n) is 6.99. The smallest absolute Gasteiger partial charge is 0.106 e. The topological polar surface area (TPSA) is 25.8 Å². The summed E-state index contributed by atoms with van der Waals surface area (Å²) in [5.74, 6) is 0. The molecule has 0 atom stereocenters. The summed E-state index contributed by atoms with van der Waals surface area (Å²) in [7, 11) is 0. The van der Waals surface area contributed by atoms with Crippen LogP contribution in [-0.4, -0.2) is 9.97 Å². The number of halogens is 1. The summed E-state index contributed by atoms with van der Waals surface area (Å²) in [5, 5.41) is 3.14. The third-order valence-corrected chi connectivity index (χ3v) is 2.85. The van der Waals surface area contributed by atoms with Crippen LogP contribution in [0.5, 0.6) is 0 Å². The molecule has 0 fully saturated rings. The summed E-state index contributed by atoms with van der Waals surface area (Å²) < 4.78 is 0.843. The Morgan fingerprint density at radius 2 is 2.31 bits per heavy atom. The average molecular weight is 255 g/mol. The third-order valence-electron chi connectivity index (χ3n) is 1.64. The second kappa shape index (κ2) is 3.55. The molecule has 4 heteroatoms. The Morgan fingerprint density at radius 1 is 1.46 bits per heavy atom. The highest BCUT2D eigenvalue weighted by molar-refractivity contribution is 9.10. The molecule has 2 nitrogen and oxygen atoms in total. The largest absolute Gasteiger partial charge is 0.249 e. The van der Waals surface area contributed by atoms with Gasteiger partial charge in [0.05, 0.1) is 10.7 Å². The van der Waals surface area contributed by atoms with E-state index >= 15 is 0 Å². The Morgan fingerprint density at radius 3 is 2.92 bits per heavy atom. The van der Waals surface area contributed by atoms with Crippen LogP contribution in [0.2, 0.25) is 0 Å². The van der Waals surface area contributed by atoms with E-state index in [4.69, 9.17) is 0 Å². The van der Waals surface area contributed by atoms with E-state index in [9.17, 15) is 0 Å². The summed E-state index contributed by atoms with van der Waals surface area (Å²) in [4.78, 5) is 8.46. The molecule has 0 aliphatic rings. The highest BCUT2D eigenvalue weighted by Gasteiger charge is 2.01. The number of aromatic nitrogens is 2. The van der Waals surface area contributed by atoms with Gasteiger partial charge in [-0.05, 0) is 35.0 Å². The number of hydrogen-bond donors (Lipinski definition) is 0. The molecule has 0 radical (unpaired) electrons. The Balaban J connectivity index is 2.46. The van der Waals surface area contributed by atoms with Crippen LogP contribution in [0.1, 0.15) is 5.01 Å². The Labute approximate surface area is 88.8 Å². The lowest BCUT2D eigenvalue weighted by Crippen LogP contribution is -1.80. The molecule has 0 aromatic carbocycles. The highest BCUT2D eigenvalue weighted by Crippen LogP contribution is 2.22. The molecule has 0 saturated carbocycles. The minimum atomic E-state index is 0.843. The van der Waals surface area contributed by atoms with Crippen molar-refractivity contribution in [2.75, 3.05) is 0 Å². The van der Waals surface area contributed by atoms with Gasteiger partial charge in [0, 0.05) is 17.1 Å². The van der Waals surface area contributed by atoms with Gasteiger partial charge in [-0.1, -0.05) is 0 Å². The van der Waals surface area contributed by atoms with Crippen molar-refractivity contribution in [3.8, 4) is 11.3 Å². The van der Waals surface area contributed by atoms with Crippen molar-refractivity contribution in [3.05, 3.63) is 33.3 Å². The Hall–Kier alpha value is -0.740. The molecule has 0 N–H and O–H groups in total. The molecule has 0 amide bonds. The quantitative estimate of drug-likeness (QED) is 0.731. The van der Waals surface area contributed by atoms with Crippen molar-refractivity contribution in [2.24, 2.45) is 0 Å². The van der Waals surface area contributed by atoms with E-state index < -0.39 is 0 Å². The van der Waals surface area contributed by atoms with E-state index in [-0.39, 0.29) is 0 Å². The minimum absolute atomic E-state index is 0.843. The SMILES string of the molecule is Cc1nc(-c2ccnc(Br)c2)cs1. The first-order chi connectivity index (χ1) is 6.25. The monoisotopic (exact) mass is 254 g/mol. The van der Waals surface area contributed by atoms with Crippen LogP contribution >= 0.6 is 27.3 Å². The van der Waals surface area contributed by atoms with E-state index in [1.165, 1.54) is 0 Å². The average Bonchev–Trinajstić information content (AvgIpc) is 2.52. The van der Waals surface area contributed by atoms with Crippen LogP contribution in [0.15, 0.2) is 28.3 Å². The molecule has 2 aromatic rings. The number of nitrogens with zero attached hydrogens (tertiary/aromatic N) is 2. The maximum atomic E-state index is 4.39. The van der Waals surface area contributed by atoms with Gasteiger partial charge in [-0.3, -0.25) is 0 Å². The number of thiazole rings is 1. The van der Waals surface area contributed by atoms with Crippen LogP contribution in [0.4, 0.5) is 0 Å². The van der Waals surface area contributed by atoms with Gasteiger partial charge in [0.1, 0.15) is 4.60 Å². The summed E-state index contributed by atoms with van der Waals surface area (Å²) in [6.45, 7) is 2.00. The first-order valence-corrected chi connectivity index (χ1v) is 5.47. The van der Waals surface area contributed by atoms with E-state index in [2.05, 4.69) is 31.3 Å². The lowest BCUT2D eigenvalue weighted by Gasteiger charge is -1.95. The lowest BCUT2D eigenvalue weighted by molar-refractivity contribution is 1.25. The number of pyridine rings is 1. The fourth-order valence-electron chi connectivity index (χ4n) is 1.06. The molecule has 0 aliphatic heterocycles. The Bertz CT molecular complexity index is 425. The first kappa shape index (κ1) is 8.84. The second-order valence-electron chi connectivity index (χ2n) is 2.62. The molecule has 0 unspecified atom stereocenters. The number of aryl methyl sites for hydroxylation is 1. The number of hydrogen-bond acceptors (Lipinski definition) is 3. The van der Waals surface area contributed by atoms with E-state index in [1.54, 1.807) is 17.5 Å². The highest BCUT2D eigenvalue weighted by atomic mass is 79.9. The molecule has 0 spiro atoms. The van der Waals surface area contributed by atoms with Crippen molar-refractivity contribution in [1.82, 2.24) is 9.97 Å². The van der Waals surface area contributed by atoms with E-state index in [0.29, 0.717) is 0 Å². The van der Waals surface area contributed by atoms with Gasteiger partial charge in [-0.25, -0.2) is 9.97 Å². The maximum absolute atomic E-state index is 4.39. The molecule has 2 aromatic heterocycles. The van der Waals surface area contributed by atoms with Crippen molar-refractivity contribution >= 4 is 27.3 Å². The molecular weight excluding hydrogens is 248 g/mol. The normalized spacial score (nSPS) is 10.3. The van der Waals surface area contributed by atoms with Crippen LogP contribution in [-0.2, 0) is 0 Å². The van der Waals surface area contributed by atoms with Crippen LogP contribution in [0, 0.1) is 6.92 Å². The Kier molecular flexibility index (Phi) is 2.42. The molecule has 0 aliphatic carbocycles. The van der Waals surface area contributed by atoms with Gasteiger partial charge in [-0.2, -0.15) is 0 Å². The molecule has 0 bridgehead atoms. The minimum Gasteiger partial charge on any atom is -0.249 e. The van der Waals surface area contributed by atoms with Crippen molar-refractivity contribution in [1.29, 1.82) is 0 Å². The molecular formula is C9H7BrN2S. The van der Waals surface area contributed by atoms with Gasteiger partial charge in [0.15, 0.2) is 0 Å². The summed E-state index contributed by atoms with van der Waals surface area (Å²) in [6, 6.07) is 3.92. The van der Waals surface area contributed by atoms with E-state index in [0.717, 1.165) is 20.9 Å². The van der Waals surface area contributed by atoms with Crippen molar-refractivity contribution in [2.45, 2.75) is 6.92 Å². The summed E-state index contributed by atoms with van der Waals surface area (Å²) in [6.07, 6.45) is 1.77. The fraction of sp³-hybridized carbons (Fsp3) is 0.111. The van der Waals surface area contributed by atoms with Gasteiger partial charge in [-0.15, -0.1) is 11.3 Å². The summed E-state index contributed by atoms with van der Waals surface area (Å²) in [5.41, 5.74) is 2.12. The van der Waals surface area contributed by atoms with Crippen molar-refractivity contribution < 1.29 is 0 Å². The third kappa shape index (κ3) is 1.95. The van der Waals surface area contributed by atoms with Crippen LogP contribution in [0.3, 0.4) is 0 Å². The van der Waals surface area contributed by atoms with Gasteiger partial charge in [0.2, 0.25) is 0 Å². The first-order valence-electron chi connectivity index (χ1n) is 3.80. The molecule has 2 heterocycles. The molecule has 66 valence electrons. The lowest BCUT2D eigenvalue weighted by atomic mass is 10.2. The van der Waals surface area contributed by atoms with Gasteiger partial charge in [0.25, 0.3) is 0 Å². The zero-order valence-corrected chi connectivity index (χ0v) is 9.39. The van der Waals surface area contributed by atoms with Crippen LogP contribution < -0.4 is 0 Å². The standard InChI is InChI=1S/C9H7BrN2S/c1-6-12-8(5-13-6)7-2-3-11-9(10)4-7/h2-5H,1H3. The molecule has 13 heavy (non-hydrogen) atoms.